The van der Waals surface area contributed by atoms with Crippen LogP contribution in [-0.4, -0.2) is 20.0 Å². The summed E-state index contributed by atoms with van der Waals surface area (Å²) in [5.41, 5.74) is 3.43. The van der Waals surface area contributed by atoms with Crippen molar-refractivity contribution in [2.45, 2.75) is 18.2 Å². The summed E-state index contributed by atoms with van der Waals surface area (Å²) in [6, 6.07) is 6.95. The number of sulfone groups is 1. The SMILES string of the molecule is Cc1ccccc1S(=O)(=O)C1=NNCC1. The highest BCUT2D eigenvalue weighted by Gasteiger charge is 2.25. The maximum Gasteiger partial charge on any atom is 0.221 e. The number of rotatable bonds is 1. The molecule has 2 rings (SSSR count). The van der Waals surface area contributed by atoms with Crippen LogP contribution in [0.25, 0.3) is 0 Å². The van der Waals surface area contributed by atoms with Crippen LogP contribution < -0.4 is 5.43 Å². The van der Waals surface area contributed by atoms with Gasteiger partial charge in [0.2, 0.25) is 9.84 Å². The highest BCUT2D eigenvalue weighted by atomic mass is 32.2. The van der Waals surface area contributed by atoms with E-state index in [-0.39, 0.29) is 5.04 Å². The number of nitrogens with one attached hydrogen (secondary N) is 1. The van der Waals surface area contributed by atoms with E-state index in [4.69, 9.17) is 0 Å². The predicted molar refractivity (Wildman–Crippen MR) is 58.4 cm³/mol. The number of nitrogens with zero attached hydrogens (tertiary/aromatic N) is 1. The average molecular weight is 224 g/mol. The minimum atomic E-state index is -3.38. The molecule has 5 heteroatoms. The third-order valence-corrected chi connectivity index (χ3v) is 4.30. The van der Waals surface area contributed by atoms with Crippen molar-refractivity contribution in [3.05, 3.63) is 29.8 Å². The van der Waals surface area contributed by atoms with E-state index in [1.54, 1.807) is 25.1 Å². The summed E-state index contributed by atoms with van der Waals surface area (Å²) in [6.07, 6.45) is 0.469. The van der Waals surface area contributed by atoms with Crippen LogP contribution in [-0.2, 0) is 9.84 Å². The van der Waals surface area contributed by atoms with Crippen LogP contribution in [0, 0.1) is 6.92 Å². The second kappa shape index (κ2) is 3.66. The minimum Gasteiger partial charge on any atom is -0.309 e. The lowest BCUT2D eigenvalue weighted by atomic mass is 10.2. The monoisotopic (exact) mass is 224 g/mol. The van der Waals surface area contributed by atoms with Gasteiger partial charge in [0.05, 0.1) is 4.90 Å². The Hall–Kier alpha value is -1.36. The molecule has 0 saturated heterocycles. The molecule has 15 heavy (non-hydrogen) atoms. The Morgan fingerprint density at radius 3 is 2.67 bits per heavy atom. The number of hydrazone groups is 1. The summed E-state index contributed by atoms with van der Waals surface area (Å²) in [6.45, 7) is 2.39. The molecule has 0 amide bonds. The first kappa shape index (κ1) is 10.2. The third-order valence-electron chi connectivity index (χ3n) is 2.35. The fourth-order valence-electron chi connectivity index (χ4n) is 1.54. The molecule has 0 unspecified atom stereocenters. The second-order valence-electron chi connectivity index (χ2n) is 3.43. The maximum atomic E-state index is 12.1. The van der Waals surface area contributed by atoms with Gasteiger partial charge >= 0.3 is 0 Å². The number of hydrogen-bond acceptors (Lipinski definition) is 4. The van der Waals surface area contributed by atoms with Gasteiger partial charge in [-0.1, -0.05) is 18.2 Å². The molecular formula is C10H12N2O2S. The quantitative estimate of drug-likeness (QED) is 0.776. The van der Waals surface area contributed by atoms with Gasteiger partial charge in [-0.05, 0) is 18.6 Å². The number of aryl methyl sites for hydroxylation is 1. The smallest absolute Gasteiger partial charge is 0.221 e. The highest BCUT2D eigenvalue weighted by Crippen LogP contribution is 2.19. The molecule has 1 aromatic carbocycles. The first-order valence-corrected chi connectivity index (χ1v) is 6.21. The van der Waals surface area contributed by atoms with Gasteiger partial charge in [0.15, 0.2) is 5.04 Å². The zero-order valence-corrected chi connectivity index (χ0v) is 9.21. The molecule has 0 aliphatic carbocycles. The summed E-state index contributed by atoms with van der Waals surface area (Å²) >= 11 is 0. The fourth-order valence-corrected chi connectivity index (χ4v) is 3.10. The summed E-state index contributed by atoms with van der Waals surface area (Å²) in [5, 5.41) is 4.04. The normalized spacial score (nSPS) is 15.9. The van der Waals surface area contributed by atoms with Gasteiger partial charge in [-0.2, -0.15) is 5.10 Å². The van der Waals surface area contributed by atoms with Gasteiger partial charge in [0.1, 0.15) is 0 Å². The molecule has 1 heterocycles. The van der Waals surface area contributed by atoms with Crippen molar-refractivity contribution in [3.8, 4) is 0 Å². The van der Waals surface area contributed by atoms with Crippen LogP contribution in [0.15, 0.2) is 34.3 Å². The Morgan fingerprint density at radius 2 is 2.07 bits per heavy atom. The number of benzene rings is 1. The lowest BCUT2D eigenvalue weighted by Crippen LogP contribution is -2.14. The van der Waals surface area contributed by atoms with Crippen molar-refractivity contribution in [1.29, 1.82) is 0 Å². The Kier molecular flexibility index (Phi) is 2.48. The van der Waals surface area contributed by atoms with E-state index in [2.05, 4.69) is 10.5 Å². The standard InChI is InChI=1S/C10H12N2O2S/c1-8-4-2-3-5-9(8)15(13,14)10-6-7-11-12-10/h2-5,11H,6-7H2,1H3. The summed E-state index contributed by atoms with van der Waals surface area (Å²) in [4.78, 5) is 0.354. The molecule has 0 atom stereocenters. The Morgan fingerprint density at radius 1 is 1.33 bits per heavy atom. The summed E-state index contributed by atoms with van der Waals surface area (Å²) < 4.78 is 24.2. The largest absolute Gasteiger partial charge is 0.309 e. The highest BCUT2D eigenvalue weighted by molar-refractivity contribution is 8.06. The first-order chi connectivity index (χ1) is 7.12. The lowest BCUT2D eigenvalue weighted by Gasteiger charge is -2.05. The van der Waals surface area contributed by atoms with Crippen LogP contribution in [0.4, 0.5) is 0 Å². The van der Waals surface area contributed by atoms with Crippen molar-refractivity contribution in [3.63, 3.8) is 0 Å². The van der Waals surface area contributed by atoms with Gasteiger partial charge < -0.3 is 5.43 Å². The van der Waals surface area contributed by atoms with Gasteiger partial charge in [0, 0.05) is 13.0 Å². The molecule has 1 aromatic rings. The van der Waals surface area contributed by atoms with Crippen molar-refractivity contribution in [2.75, 3.05) is 6.54 Å². The van der Waals surface area contributed by atoms with E-state index in [1.165, 1.54) is 0 Å². The molecule has 1 N–H and O–H groups in total. The summed E-state index contributed by atoms with van der Waals surface area (Å²) in [5.74, 6) is 0. The lowest BCUT2D eigenvalue weighted by molar-refractivity contribution is 0.606. The van der Waals surface area contributed by atoms with Crippen LogP contribution in [0.5, 0.6) is 0 Å². The van der Waals surface area contributed by atoms with Crippen LogP contribution in [0.1, 0.15) is 12.0 Å². The van der Waals surface area contributed by atoms with Gasteiger partial charge in [0.25, 0.3) is 0 Å². The minimum absolute atomic E-state index is 0.233. The van der Waals surface area contributed by atoms with Crippen LogP contribution in [0.3, 0.4) is 0 Å². The van der Waals surface area contributed by atoms with Crippen LogP contribution >= 0.6 is 0 Å². The van der Waals surface area contributed by atoms with Gasteiger partial charge in [-0.3, -0.25) is 0 Å². The van der Waals surface area contributed by atoms with E-state index in [1.807, 2.05) is 6.07 Å². The molecule has 0 radical (unpaired) electrons. The zero-order valence-electron chi connectivity index (χ0n) is 8.40. The number of hydrogen-bond donors (Lipinski definition) is 1. The van der Waals surface area contributed by atoms with E-state index in [9.17, 15) is 8.42 Å². The molecular weight excluding hydrogens is 212 g/mol. The van der Waals surface area contributed by atoms with E-state index in [0.717, 1.165) is 5.56 Å². The molecule has 0 saturated carbocycles. The molecule has 0 spiro atoms. The Labute approximate surface area is 88.9 Å². The zero-order chi connectivity index (χ0) is 10.9. The van der Waals surface area contributed by atoms with Crippen LogP contribution in [0.2, 0.25) is 0 Å². The average Bonchev–Trinajstić information content (AvgIpc) is 2.71. The van der Waals surface area contributed by atoms with Gasteiger partial charge in [-0.25, -0.2) is 8.42 Å². The topological polar surface area (TPSA) is 58.5 Å². The molecule has 0 aromatic heterocycles. The Balaban J connectivity index is 2.51. The fraction of sp³-hybridized carbons (Fsp3) is 0.300. The molecule has 1 aliphatic heterocycles. The molecule has 80 valence electrons. The predicted octanol–water partition coefficient (Wildman–Crippen LogP) is 1.08. The summed E-state index contributed by atoms with van der Waals surface area (Å²) in [7, 11) is -3.38. The Bertz CT molecular complexity index is 506. The maximum absolute atomic E-state index is 12.1. The van der Waals surface area contributed by atoms with E-state index >= 15 is 0 Å². The van der Waals surface area contributed by atoms with Crippen molar-refractivity contribution >= 4 is 14.9 Å². The molecule has 1 aliphatic rings. The van der Waals surface area contributed by atoms with Crippen molar-refractivity contribution in [2.24, 2.45) is 5.10 Å². The first-order valence-electron chi connectivity index (χ1n) is 4.72. The van der Waals surface area contributed by atoms with Crippen molar-refractivity contribution in [1.82, 2.24) is 5.43 Å². The third kappa shape index (κ3) is 1.74. The van der Waals surface area contributed by atoms with E-state index < -0.39 is 9.84 Å². The van der Waals surface area contributed by atoms with E-state index in [0.29, 0.717) is 17.9 Å². The molecule has 0 bridgehead atoms. The van der Waals surface area contributed by atoms with Gasteiger partial charge in [-0.15, -0.1) is 0 Å². The molecule has 4 nitrogen and oxygen atoms in total. The second-order valence-corrected chi connectivity index (χ2v) is 5.35. The molecule has 0 fully saturated rings. The van der Waals surface area contributed by atoms with Crippen molar-refractivity contribution < 1.29 is 8.42 Å².